The smallest absolute Gasteiger partial charge is 0.0567 e. The monoisotopic (exact) mass is 892 g/mol. The second-order valence-electron chi connectivity index (χ2n) is 15.3. The van der Waals surface area contributed by atoms with Crippen LogP contribution in [0.5, 0.6) is 0 Å². The van der Waals surface area contributed by atoms with Crippen molar-refractivity contribution in [3.05, 3.63) is 144 Å². The van der Waals surface area contributed by atoms with Gasteiger partial charge < -0.3 is 30.2 Å². The van der Waals surface area contributed by atoms with Gasteiger partial charge in [0.15, 0.2) is 0 Å². The van der Waals surface area contributed by atoms with Crippen molar-refractivity contribution in [2.45, 2.75) is 48.6 Å². The van der Waals surface area contributed by atoms with E-state index in [4.69, 9.17) is 28.9 Å². The van der Waals surface area contributed by atoms with Gasteiger partial charge in [-0.05, 0) is 152 Å². The Labute approximate surface area is 380 Å². The van der Waals surface area contributed by atoms with E-state index in [0.717, 1.165) is 68.6 Å². The molecule has 0 fully saturated rings. The van der Waals surface area contributed by atoms with Gasteiger partial charge in [-0.25, -0.2) is 0 Å². The first-order valence-corrected chi connectivity index (χ1v) is 23.7. The van der Waals surface area contributed by atoms with Gasteiger partial charge in [0.05, 0.1) is 34.1 Å². The van der Waals surface area contributed by atoms with Crippen molar-refractivity contribution < 1.29 is 0 Å². The van der Waals surface area contributed by atoms with E-state index in [1.54, 1.807) is 0 Å². The summed E-state index contributed by atoms with van der Waals surface area (Å²) in [5, 5.41) is 1.60. The molecule has 11 heteroatoms. The van der Waals surface area contributed by atoms with E-state index >= 15 is 0 Å². The number of fused-ring (bicyclic) bond motifs is 6. The Hall–Kier alpha value is -3.77. The summed E-state index contributed by atoms with van der Waals surface area (Å²) in [6.45, 7) is 5.88. The molecule has 3 aliphatic heterocycles. The predicted octanol–water partition coefficient (Wildman–Crippen LogP) is 13.4. The van der Waals surface area contributed by atoms with E-state index in [1.165, 1.54) is 63.5 Å². The second-order valence-corrected chi connectivity index (χ2v) is 19.4. The maximum Gasteiger partial charge on any atom is 0.0567 e. The first kappa shape index (κ1) is 44.3. The van der Waals surface area contributed by atoms with E-state index in [9.17, 15) is 0 Å². The Kier molecular flexibility index (Phi) is 15.8. The Bertz CT molecular complexity index is 2200. The highest BCUT2D eigenvalue weighted by Crippen LogP contribution is 2.51. The van der Waals surface area contributed by atoms with Crippen LogP contribution < -0.4 is 20.4 Å². The molecule has 0 saturated heterocycles. The van der Waals surface area contributed by atoms with Gasteiger partial charge in [-0.2, -0.15) is 0 Å². The standard InChI is InChI=1S/2C17H19ClN2S.C15H16N2S/c2*1-19(2)10-5-11-20-14-6-3-4-7-16(14)21-17-9-8-13(18)12-15(17)20;16-10-5-11-17-12-6-1-3-8-14(12)18-15-9-4-2-7-13(15)17/h2*3-4,6-9,12H,5,10-11H2,1-2H3;1-4,6-9H,5,10-11,16H2. The summed E-state index contributed by atoms with van der Waals surface area (Å²) in [7, 11) is 8.46. The van der Waals surface area contributed by atoms with Crippen LogP contribution in [0.3, 0.4) is 0 Å². The molecule has 0 saturated carbocycles. The van der Waals surface area contributed by atoms with Gasteiger partial charge in [-0.15, -0.1) is 0 Å². The van der Waals surface area contributed by atoms with Crippen molar-refractivity contribution >= 4 is 92.6 Å². The minimum Gasteiger partial charge on any atom is -0.340 e. The van der Waals surface area contributed by atoms with Gasteiger partial charge in [0.25, 0.3) is 0 Å². The van der Waals surface area contributed by atoms with Gasteiger partial charge >= 0.3 is 0 Å². The fourth-order valence-electron chi connectivity index (χ4n) is 7.45. The largest absolute Gasteiger partial charge is 0.340 e. The fourth-order valence-corrected chi connectivity index (χ4v) is 11.0. The zero-order valence-electron chi connectivity index (χ0n) is 34.9. The Balaban J connectivity index is 0.000000137. The third-order valence-electron chi connectivity index (χ3n) is 10.3. The van der Waals surface area contributed by atoms with Crippen molar-refractivity contribution in [3.8, 4) is 0 Å². The molecule has 312 valence electrons. The number of para-hydroxylation sites is 4. The Morgan fingerprint density at radius 3 is 1.05 bits per heavy atom. The lowest BCUT2D eigenvalue weighted by molar-refractivity contribution is 0.402. The Morgan fingerprint density at radius 1 is 0.417 bits per heavy atom. The van der Waals surface area contributed by atoms with Crippen LogP contribution in [-0.2, 0) is 0 Å². The first-order chi connectivity index (χ1) is 29.2. The summed E-state index contributed by atoms with van der Waals surface area (Å²) in [6, 6.07) is 46.7. The molecule has 0 amide bonds. The average molecular weight is 894 g/mol. The topological polar surface area (TPSA) is 42.2 Å². The molecule has 6 aromatic rings. The van der Waals surface area contributed by atoms with Gasteiger partial charge in [0.2, 0.25) is 0 Å². The molecule has 3 heterocycles. The van der Waals surface area contributed by atoms with E-state index in [2.05, 4.69) is 174 Å². The number of nitrogens with two attached hydrogens (primary N) is 1. The number of nitrogens with zero attached hydrogens (tertiary/aromatic N) is 5. The van der Waals surface area contributed by atoms with Crippen molar-refractivity contribution in [1.82, 2.24) is 9.80 Å². The predicted molar refractivity (Wildman–Crippen MR) is 262 cm³/mol. The van der Waals surface area contributed by atoms with Crippen molar-refractivity contribution in [1.29, 1.82) is 0 Å². The van der Waals surface area contributed by atoms with Crippen LogP contribution in [0.2, 0.25) is 10.0 Å². The lowest BCUT2D eigenvalue weighted by Crippen LogP contribution is -2.25. The number of hydrogen-bond donors (Lipinski definition) is 1. The maximum absolute atomic E-state index is 6.21. The van der Waals surface area contributed by atoms with Crippen LogP contribution in [-0.4, -0.2) is 77.3 Å². The van der Waals surface area contributed by atoms with Crippen LogP contribution >= 0.6 is 58.5 Å². The average Bonchev–Trinajstić information content (AvgIpc) is 3.25. The molecule has 6 nitrogen and oxygen atoms in total. The highest BCUT2D eigenvalue weighted by atomic mass is 35.5. The minimum atomic E-state index is 0.730. The molecule has 0 radical (unpaired) electrons. The molecule has 3 aliphatic rings. The van der Waals surface area contributed by atoms with E-state index in [1.807, 2.05) is 47.4 Å². The lowest BCUT2D eigenvalue weighted by atomic mass is 10.2. The lowest BCUT2D eigenvalue weighted by Gasteiger charge is -2.33. The highest BCUT2D eigenvalue weighted by Gasteiger charge is 2.25. The molecule has 0 aromatic heterocycles. The van der Waals surface area contributed by atoms with Gasteiger partial charge in [0, 0.05) is 59.1 Å². The molecule has 2 N–H and O–H groups in total. The molecular weight excluding hydrogens is 840 g/mol. The third kappa shape index (κ3) is 11.0. The van der Waals surface area contributed by atoms with Crippen molar-refractivity contribution in [2.24, 2.45) is 5.73 Å². The number of hydrogen-bond acceptors (Lipinski definition) is 9. The zero-order chi connectivity index (χ0) is 42.0. The molecule has 0 spiro atoms. The second kappa shape index (κ2) is 21.3. The Morgan fingerprint density at radius 2 is 0.717 bits per heavy atom. The molecule has 0 unspecified atom stereocenters. The third-order valence-corrected chi connectivity index (χ3v) is 14.1. The van der Waals surface area contributed by atoms with Crippen LogP contribution in [0.15, 0.2) is 163 Å². The number of benzene rings is 6. The molecule has 60 heavy (non-hydrogen) atoms. The van der Waals surface area contributed by atoms with Crippen LogP contribution in [0.1, 0.15) is 19.3 Å². The van der Waals surface area contributed by atoms with Crippen molar-refractivity contribution in [2.75, 3.05) is 82.2 Å². The summed E-state index contributed by atoms with van der Waals surface area (Å²) in [6.07, 6.45) is 3.25. The number of halogens is 2. The van der Waals surface area contributed by atoms with Gasteiger partial charge in [-0.3, -0.25) is 0 Å². The first-order valence-electron chi connectivity index (χ1n) is 20.5. The molecule has 6 aromatic carbocycles. The van der Waals surface area contributed by atoms with Crippen LogP contribution in [0.25, 0.3) is 0 Å². The van der Waals surface area contributed by atoms with Crippen LogP contribution in [0.4, 0.5) is 34.1 Å². The molecule has 9 rings (SSSR count). The SMILES string of the molecule is CN(C)CCCN1c2ccccc2Sc2ccc(Cl)cc21.CN(C)CCCN1c2ccccc2Sc2ccc(Cl)cc21.NCCCN1c2ccccc2Sc2ccccc21. The van der Waals surface area contributed by atoms with Gasteiger partial charge in [-0.1, -0.05) is 107 Å². The summed E-state index contributed by atoms with van der Waals surface area (Å²) in [5.74, 6) is 0. The van der Waals surface area contributed by atoms with Crippen LogP contribution in [0, 0.1) is 0 Å². The molecular formula is C49H54Cl2N6S3. The van der Waals surface area contributed by atoms with E-state index < -0.39 is 0 Å². The molecule has 0 aliphatic carbocycles. The maximum atomic E-state index is 6.21. The van der Waals surface area contributed by atoms with Gasteiger partial charge in [0.1, 0.15) is 0 Å². The summed E-state index contributed by atoms with van der Waals surface area (Å²) in [5.41, 5.74) is 13.3. The summed E-state index contributed by atoms with van der Waals surface area (Å²) >= 11 is 17.9. The summed E-state index contributed by atoms with van der Waals surface area (Å²) in [4.78, 5) is 19.5. The van der Waals surface area contributed by atoms with E-state index in [-0.39, 0.29) is 0 Å². The minimum absolute atomic E-state index is 0.730. The van der Waals surface area contributed by atoms with E-state index in [0.29, 0.717) is 0 Å². The molecule has 0 atom stereocenters. The zero-order valence-corrected chi connectivity index (χ0v) is 38.8. The highest BCUT2D eigenvalue weighted by molar-refractivity contribution is 8.00. The summed E-state index contributed by atoms with van der Waals surface area (Å²) < 4.78 is 0. The van der Waals surface area contributed by atoms with Crippen molar-refractivity contribution in [3.63, 3.8) is 0 Å². The normalized spacial score (nSPS) is 13.2. The molecule has 0 bridgehead atoms. The quantitative estimate of drug-likeness (QED) is 0.137. The number of rotatable bonds is 11. The number of anilines is 6. The fraction of sp³-hybridized carbons (Fsp3) is 0.265.